The second-order valence-electron chi connectivity index (χ2n) is 6.61. The molecule has 30 heavy (non-hydrogen) atoms. The third-order valence-electron chi connectivity index (χ3n) is 4.72. The van der Waals surface area contributed by atoms with Crippen LogP contribution in [0.2, 0.25) is 0 Å². The fraction of sp³-hybridized carbons (Fsp3) is 0.250. The summed E-state index contributed by atoms with van der Waals surface area (Å²) in [5.41, 5.74) is 2.96. The van der Waals surface area contributed by atoms with E-state index < -0.39 is 7.82 Å². The van der Waals surface area contributed by atoms with Crippen molar-refractivity contribution >= 4 is 24.6 Å². The second kappa shape index (κ2) is 10.3. The Labute approximate surface area is 219 Å². The minimum atomic E-state index is -5.29. The predicted molar refractivity (Wildman–Crippen MR) is 99.8 cm³/mol. The van der Waals surface area contributed by atoms with E-state index in [0.717, 1.165) is 11.1 Å². The number of fused-ring (bicyclic) bond motifs is 1. The Morgan fingerprint density at radius 2 is 1.67 bits per heavy atom. The smallest absolute Gasteiger partial charge is 0.780 e. The third-order valence-corrected chi connectivity index (χ3v) is 5.12. The van der Waals surface area contributed by atoms with Gasteiger partial charge < -0.3 is 28.0 Å². The van der Waals surface area contributed by atoms with Crippen LogP contribution in [-0.2, 0) is 4.57 Å². The van der Waals surface area contributed by atoms with E-state index in [1.807, 2.05) is 13.8 Å². The molecule has 0 radical (unpaired) electrons. The predicted octanol–water partition coefficient (Wildman–Crippen LogP) is -2.88. The van der Waals surface area contributed by atoms with Crippen LogP contribution in [0.15, 0.2) is 28.7 Å². The maximum absolute atomic E-state index is 13.2. The number of phosphoric acid groups is 1. The molecular formula is C20H19Na2O7P. The van der Waals surface area contributed by atoms with Crippen molar-refractivity contribution in [1.82, 2.24) is 0 Å². The molecule has 3 aromatic rings. The SMILES string of the molecule is COc1cc(C(=O)c2c(C)oc3c(OP(=O)([O-])[O-])c(C)ccc23)cc(C)c1C.[Na+].[Na+]. The molecule has 0 aliphatic heterocycles. The minimum Gasteiger partial charge on any atom is -0.780 e. The Balaban J connectivity index is 0.00000225. The van der Waals surface area contributed by atoms with E-state index >= 15 is 0 Å². The van der Waals surface area contributed by atoms with Crippen LogP contribution in [0.3, 0.4) is 0 Å². The third kappa shape index (κ3) is 5.41. The van der Waals surface area contributed by atoms with Gasteiger partial charge in [-0.1, -0.05) is 6.07 Å². The number of ketones is 1. The second-order valence-corrected chi connectivity index (χ2v) is 7.69. The number of ether oxygens (including phenoxy) is 1. The molecule has 0 aliphatic rings. The van der Waals surface area contributed by atoms with Gasteiger partial charge in [0.2, 0.25) is 0 Å². The Hall–Kier alpha value is -0.600. The number of methoxy groups -OCH3 is 1. The molecule has 7 nitrogen and oxygen atoms in total. The summed E-state index contributed by atoms with van der Waals surface area (Å²) in [5.74, 6) is 0.372. The van der Waals surface area contributed by atoms with E-state index in [2.05, 4.69) is 4.52 Å². The standard InChI is InChI=1S/C20H21O7P.2Na/c1-10-6-7-15-17(13(4)26-20(15)19(10)27-28(22,23)24)18(21)14-8-11(2)12(3)16(9-14)25-5;;/h6-9H,1-5H3,(H2,22,23,24);;/q;2*+1/p-2. The number of carbonyl (C=O) groups excluding carboxylic acids is 1. The maximum atomic E-state index is 13.2. The van der Waals surface area contributed by atoms with E-state index in [1.165, 1.54) is 7.11 Å². The van der Waals surface area contributed by atoms with Crippen molar-refractivity contribution in [2.45, 2.75) is 27.7 Å². The molecule has 2 aromatic carbocycles. The first-order chi connectivity index (χ1) is 13.0. The molecule has 0 N–H and O–H groups in total. The molecule has 1 aromatic heterocycles. The first-order valence-corrected chi connectivity index (χ1v) is 9.94. The number of carbonyl (C=O) groups is 1. The van der Waals surface area contributed by atoms with Crippen LogP contribution in [0, 0.1) is 27.7 Å². The molecule has 0 bridgehead atoms. The van der Waals surface area contributed by atoms with Gasteiger partial charge in [-0.2, -0.15) is 0 Å². The van der Waals surface area contributed by atoms with Gasteiger partial charge in [0, 0.05) is 10.9 Å². The van der Waals surface area contributed by atoms with Gasteiger partial charge in [-0.25, -0.2) is 0 Å². The molecule has 10 heteroatoms. The molecule has 148 valence electrons. The van der Waals surface area contributed by atoms with Gasteiger partial charge in [-0.3, -0.25) is 4.79 Å². The average molecular weight is 448 g/mol. The number of rotatable bonds is 5. The number of benzene rings is 2. The monoisotopic (exact) mass is 448 g/mol. The molecule has 3 rings (SSSR count). The summed E-state index contributed by atoms with van der Waals surface area (Å²) in [6.07, 6.45) is 0. The van der Waals surface area contributed by atoms with E-state index in [9.17, 15) is 19.1 Å². The fourth-order valence-corrected chi connectivity index (χ4v) is 3.63. The van der Waals surface area contributed by atoms with Crippen LogP contribution in [0.1, 0.15) is 38.4 Å². The van der Waals surface area contributed by atoms with Crippen molar-refractivity contribution < 1.29 is 91.9 Å². The normalized spacial score (nSPS) is 10.9. The summed E-state index contributed by atoms with van der Waals surface area (Å²) in [4.78, 5) is 35.4. The first-order valence-electron chi connectivity index (χ1n) is 8.47. The molecule has 0 unspecified atom stereocenters. The molecule has 0 aliphatic carbocycles. The zero-order valence-electron chi connectivity index (χ0n) is 18.1. The Bertz CT molecular complexity index is 1150. The number of furan rings is 1. The molecule has 0 spiro atoms. The topological polar surface area (TPSA) is 112 Å². The maximum Gasteiger partial charge on any atom is 1.00 e. The zero-order chi connectivity index (χ0) is 20.8. The summed E-state index contributed by atoms with van der Waals surface area (Å²) in [7, 11) is -3.76. The number of hydrogen-bond donors (Lipinski definition) is 0. The molecule has 0 atom stereocenters. The van der Waals surface area contributed by atoms with Gasteiger partial charge in [0.15, 0.2) is 17.1 Å². The van der Waals surface area contributed by atoms with Crippen molar-refractivity contribution in [2.75, 3.05) is 7.11 Å². The van der Waals surface area contributed by atoms with Gasteiger partial charge in [0.1, 0.15) is 19.3 Å². The molecule has 0 fully saturated rings. The Morgan fingerprint density at radius 1 is 1.03 bits per heavy atom. The minimum absolute atomic E-state index is 0. The van der Waals surface area contributed by atoms with E-state index in [0.29, 0.717) is 28.0 Å². The van der Waals surface area contributed by atoms with Crippen molar-refractivity contribution in [3.63, 3.8) is 0 Å². The van der Waals surface area contributed by atoms with Gasteiger partial charge in [-0.15, -0.1) is 0 Å². The van der Waals surface area contributed by atoms with Crippen molar-refractivity contribution in [3.05, 3.63) is 57.8 Å². The molecule has 0 saturated heterocycles. The zero-order valence-corrected chi connectivity index (χ0v) is 23.0. The van der Waals surface area contributed by atoms with Gasteiger partial charge in [0.05, 0.1) is 12.7 Å². The van der Waals surface area contributed by atoms with Gasteiger partial charge >= 0.3 is 59.1 Å². The summed E-state index contributed by atoms with van der Waals surface area (Å²) in [6, 6.07) is 6.62. The van der Waals surface area contributed by atoms with Gasteiger partial charge in [-0.05, 0) is 62.6 Å². The van der Waals surface area contributed by atoms with E-state index in [-0.39, 0.29) is 81.8 Å². The van der Waals surface area contributed by atoms with E-state index in [1.54, 1.807) is 38.1 Å². The van der Waals surface area contributed by atoms with Gasteiger partial charge in [0.25, 0.3) is 0 Å². The number of aryl methyl sites for hydroxylation is 3. The van der Waals surface area contributed by atoms with Crippen LogP contribution in [0.25, 0.3) is 11.0 Å². The van der Waals surface area contributed by atoms with E-state index in [4.69, 9.17) is 9.15 Å². The van der Waals surface area contributed by atoms with Crippen LogP contribution >= 0.6 is 7.82 Å². The summed E-state index contributed by atoms with van der Waals surface area (Å²) in [6.45, 7) is 6.96. The molecular weight excluding hydrogens is 429 g/mol. The van der Waals surface area contributed by atoms with Crippen LogP contribution in [0.4, 0.5) is 0 Å². The summed E-state index contributed by atoms with van der Waals surface area (Å²) >= 11 is 0. The number of phosphoric ester groups is 1. The number of hydrogen-bond acceptors (Lipinski definition) is 7. The fourth-order valence-electron chi connectivity index (χ4n) is 3.17. The quantitative estimate of drug-likeness (QED) is 0.234. The van der Waals surface area contributed by atoms with Crippen LogP contribution in [0.5, 0.6) is 11.5 Å². The van der Waals surface area contributed by atoms with Crippen molar-refractivity contribution in [2.24, 2.45) is 0 Å². The Kier molecular flexibility index (Phi) is 9.46. The van der Waals surface area contributed by atoms with Crippen molar-refractivity contribution in [1.29, 1.82) is 0 Å². The molecule has 0 saturated carbocycles. The summed E-state index contributed by atoms with van der Waals surface area (Å²) < 4.78 is 26.7. The van der Waals surface area contributed by atoms with Crippen LogP contribution in [-0.4, -0.2) is 12.9 Å². The molecule has 1 heterocycles. The first kappa shape index (κ1) is 27.4. The largest absolute Gasteiger partial charge is 1.00 e. The summed E-state index contributed by atoms with van der Waals surface area (Å²) in [5, 5.41) is 0.369. The van der Waals surface area contributed by atoms with Crippen molar-refractivity contribution in [3.8, 4) is 11.5 Å². The Morgan fingerprint density at radius 3 is 2.23 bits per heavy atom. The molecule has 0 amide bonds. The average Bonchev–Trinajstić information content (AvgIpc) is 2.94. The van der Waals surface area contributed by atoms with Crippen LogP contribution < -0.4 is 78.2 Å².